The predicted molar refractivity (Wildman–Crippen MR) is 179 cm³/mol. The zero-order chi connectivity index (χ0) is 29.5. The van der Waals surface area contributed by atoms with Crippen LogP contribution in [0.15, 0.2) is 146 Å². The number of pyridine rings is 1. The number of fused-ring (bicyclic) bond motifs is 3. The normalized spacial score (nSPS) is 11.2. The molecule has 0 bridgehead atoms. The van der Waals surface area contributed by atoms with Crippen LogP contribution in [0.25, 0.3) is 77.6 Å². The van der Waals surface area contributed by atoms with Crippen LogP contribution in [0.1, 0.15) is 5.56 Å². The molecule has 2 heterocycles. The topological polar surface area (TPSA) is 62.5 Å². The maximum absolute atomic E-state index is 9.67. The zero-order valence-corrected chi connectivity index (χ0v) is 23.6. The first-order valence-electron chi connectivity index (χ1n) is 14.5. The molecule has 8 aromatic rings. The third-order valence-corrected chi connectivity index (χ3v) is 8.07. The summed E-state index contributed by atoms with van der Waals surface area (Å²) in [6.07, 6.45) is 0. The van der Waals surface area contributed by atoms with Gasteiger partial charge in [0.2, 0.25) is 0 Å². The van der Waals surface area contributed by atoms with Crippen LogP contribution in [-0.4, -0.2) is 15.0 Å². The van der Waals surface area contributed by atoms with E-state index in [1.54, 1.807) is 6.07 Å². The van der Waals surface area contributed by atoms with Gasteiger partial charge in [-0.2, -0.15) is 5.26 Å². The van der Waals surface area contributed by atoms with Gasteiger partial charge in [0.15, 0.2) is 0 Å². The first-order valence-corrected chi connectivity index (χ1v) is 14.5. The molecular formula is C40H24N4. The summed E-state index contributed by atoms with van der Waals surface area (Å²) in [7, 11) is 0. The molecule has 0 aliphatic rings. The SMILES string of the molecule is N#Cc1cccc(-c2nc3ccccc3nc2-c2cc(-c3cccc4ccccc34)cc(-c3cccc4ccccc34)n2)c1. The number of benzene rings is 6. The van der Waals surface area contributed by atoms with Crippen LogP contribution in [0.4, 0.5) is 0 Å². The summed E-state index contributed by atoms with van der Waals surface area (Å²) in [6.45, 7) is 0. The summed E-state index contributed by atoms with van der Waals surface area (Å²) in [5.74, 6) is 0. The van der Waals surface area contributed by atoms with Crippen LogP contribution in [-0.2, 0) is 0 Å². The Kier molecular flexibility index (Phi) is 6.14. The van der Waals surface area contributed by atoms with E-state index in [-0.39, 0.29) is 0 Å². The number of para-hydroxylation sites is 2. The number of hydrogen-bond donors (Lipinski definition) is 0. The molecule has 44 heavy (non-hydrogen) atoms. The average Bonchev–Trinajstić information content (AvgIpc) is 3.10. The minimum absolute atomic E-state index is 0.567. The van der Waals surface area contributed by atoms with Crippen molar-refractivity contribution in [2.24, 2.45) is 0 Å². The number of aromatic nitrogens is 3. The van der Waals surface area contributed by atoms with Gasteiger partial charge in [-0.3, -0.25) is 0 Å². The molecule has 0 aliphatic heterocycles. The number of hydrogen-bond acceptors (Lipinski definition) is 4. The summed E-state index contributed by atoms with van der Waals surface area (Å²) in [5, 5.41) is 14.3. The zero-order valence-electron chi connectivity index (χ0n) is 23.6. The van der Waals surface area contributed by atoms with E-state index in [1.807, 2.05) is 42.5 Å². The van der Waals surface area contributed by atoms with Gasteiger partial charge in [0.1, 0.15) is 5.69 Å². The smallest absolute Gasteiger partial charge is 0.116 e. The van der Waals surface area contributed by atoms with Crippen LogP contribution in [0.3, 0.4) is 0 Å². The third kappa shape index (κ3) is 4.45. The minimum Gasteiger partial charge on any atom is -0.246 e. The fourth-order valence-electron chi connectivity index (χ4n) is 5.99. The van der Waals surface area contributed by atoms with Crippen LogP contribution < -0.4 is 0 Å². The molecule has 4 heteroatoms. The highest BCUT2D eigenvalue weighted by molar-refractivity contribution is 6.00. The van der Waals surface area contributed by atoms with E-state index in [0.717, 1.165) is 49.8 Å². The van der Waals surface area contributed by atoms with Gasteiger partial charge in [0.25, 0.3) is 0 Å². The standard InChI is InChI=1S/C40H24N4/c41-25-26-10-7-15-29(22-26)39-40(44-36-21-6-5-20-35(36)43-39)38-24-30(33-18-8-13-27-11-1-3-16-31(27)33)23-37(42-38)34-19-9-14-28-12-2-4-17-32(28)34/h1-24H. The second-order valence-corrected chi connectivity index (χ2v) is 10.8. The second-order valence-electron chi connectivity index (χ2n) is 10.8. The molecule has 0 N–H and O–H groups in total. The van der Waals surface area contributed by atoms with Gasteiger partial charge in [-0.25, -0.2) is 15.0 Å². The molecule has 6 aromatic carbocycles. The Hall–Kier alpha value is -6.18. The number of nitrogens with zero attached hydrogens (tertiary/aromatic N) is 4. The Morgan fingerprint density at radius 1 is 0.432 bits per heavy atom. The van der Waals surface area contributed by atoms with Crippen molar-refractivity contribution in [3.05, 3.63) is 151 Å². The summed E-state index contributed by atoms with van der Waals surface area (Å²) >= 11 is 0. The molecule has 0 fully saturated rings. The largest absolute Gasteiger partial charge is 0.246 e. The summed E-state index contributed by atoms with van der Waals surface area (Å²) in [5.41, 5.74) is 9.10. The minimum atomic E-state index is 0.567. The molecule has 0 atom stereocenters. The summed E-state index contributed by atoms with van der Waals surface area (Å²) < 4.78 is 0. The van der Waals surface area contributed by atoms with Crippen LogP contribution >= 0.6 is 0 Å². The van der Waals surface area contributed by atoms with Gasteiger partial charge in [0.05, 0.1) is 39.7 Å². The van der Waals surface area contributed by atoms with E-state index in [4.69, 9.17) is 15.0 Å². The lowest BCUT2D eigenvalue weighted by atomic mass is 9.94. The highest BCUT2D eigenvalue weighted by Gasteiger charge is 2.19. The molecule has 0 radical (unpaired) electrons. The highest BCUT2D eigenvalue weighted by atomic mass is 14.9. The second kappa shape index (κ2) is 10.6. The lowest BCUT2D eigenvalue weighted by molar-refractivity contribution is 1.24. The van der Waals surface area contributed by atoms with E-state index >= 15 is 0 Å². The van der Waals surface area contributed by atoms with E-state index < -0.39 is 0 Å². The van der Waals surface area contributed by atoms with E-state index in [2.05, 4.69) is 103 Å². The van der Waals surface area contributed by atoms with Crippen molar-refractivity contribution in [1.29, 1.82) is 5.26 Å². The fraction of sp³-hybridized carbons (Fsp3) is 0. The highest BCUT2D eigenvalue weighted by Crippen LogP contribution is 2.38. The van der Waals surface area contributed by atoms with Crippen LogP contribution in [0.2, 0.25) is 0 Å². The van der Waals surface area contributed by atoms with E-state index in [9.17, 15) is 5.26 Å². The maximum Gasteiger partial charge on any atom is 0.116 e. The summed E-state index contributed by atoms with van der Waals surface area (Å²) in [4.78, 5) is 15.6. The molecule has 0 saturated carbocycles. The molecule has 204 valence electrons. The van der Waals surface area contributed by atoms with E-state index in [1.165, 1.54) is 10.8 Å². The van der Waals surface area contributed by atoms with Crippen molar-refractivity contribution in [3.63, 3.8) is 0 Å². The molecule has 0 amide bonds. The Bertz CT molecular complexity index is 2310. The van der Waals surface area contributed by atoms with E-state index in [0.29, 0.717) is 22.6 Å². The van der Waals surface area contributed by atoms with Gasteiger partial charge in [-0.05, 0) is 69.1 Å². The molecule has 0 aliphatic carbocycles. The Morgan fingerprint density at radius 2 is 1.00 bits per heavy atom. The molecule has 2 aromatic heterocycles. The summed E-state index contributed by atoms with van der Waals surface area (Å²) in [6, 6.07) is 51.5. The number of nitriles is 1. The maximum atomic E-state index is 9.67. The Morgan fingerprint density at radius 3 is 1.73 bits per heavy atom. The first kappa shape index (κ1) is 25.5. The quantitative estimate of drug-likeness (QED) is 0.215. The third-order valence-electron chi connectivity index (χ3n) is 8.07. The van der Waals surface area contributed by atoms with Crippen LogP contribution in [0.5, 0.6) is 0 Å². The molecule has 8 rings (SSSR count). The molecule has 0 spiro atoms. The van der Waals surface area contributed by atoms with Crippen molar-refractivity contribution in [1.82, 2.24) is 15.0 Å². The Balaban J connectivity index is 1.46. The molecule has 4 nitrogen and oxygen atoms in total. The van der Waals surface area contributed by atoms with Crippen molar-refractivity contribution < 1.29 is 0 Å². The van der Waals surface area contributed by atoms with Crippen molar-refractivity contribution in [3.8, 4) is 51.1 Å². The average molecular weight is 561 g/mol. The monoisotopic (exact) mass is 560 g/mol. The van der Waals surface area contributed by atoms with Crippen molar-refractivity contribution in [2.45, 2.75) is 0 Å². The van der Waals surface area contributed by atoms with Gasteiger partial charge in [-0.15, -0.1) is 0 Å². The van der Waals surface area contributed by atoms with Gasteiger partial charge in [-0.1, -0.05) is 109 Å². The Labute approximate surface area is 254 Å². The molecule has 0 saturated heterocycles. The predicted octanol–water partition coefficient (Wildman–Crippen LogP) is 9.87. The van der Waals surface area contributed by atoms with Crippen molar-refractivity contribution in [2.75, 3.05) is 0 Å². The van der Waals surface area contributed by atoms with Crippen molar-refractivity contribution >= 4 is 32.6 Å². The first-order chi connectivity index (χ1) is 21.7. The molecular weight excluding hydrogens is 536 g/mol. The molecule has 0 unspecified atom stereocenters. The fourth-order valence-corrected chi connectivity index (χ4v) is 5.99. The van der Waals surface area contributed by atoms with Gasteiger partial charge in [0, 0.05) is 11.1 Å². The number of rotatable bonds is 4. The van der Waals surface area contributed by atoms with Gasteiger partial charge < -0.3 is 0 Å². The van der Waals surface area contributed by atoms with Crippen LogP contribution in [0, 0.1) is 11.3 Å². The van der Waals surface area contributed by atoms with Gasteiger partial charge >= 0.3 is 0 Å². The lowest BCUT2D eigenvalue weighted by Gasteiger charge is -2.15. The lowest BCUT2D eigenvalue weighted by Crippen LogP contribution is -1.99.